The first-order chi connectivity index (χ1) is 8.19. The summed E-state index contributed by atoms with van der Waals surface area (Å²) >= 11 is 0. The lowest BCUT2D eigenvalue weighted by Crippen LogP contribution is -2.40. The molecule has 1 amide bonds. The number of hydrogen-bond acceptors (Lipinski definition) is 3. The second-order valence-corrected chi connectivity index (χ2v) is 4.88. The highest BCUT2D eigenvalue weighted by molar-refractivity contribution is 5.76. The number of amides is 1. The van der Waals surface area contributed by atoms with Gasteiger partial charge in [0.1, 0.15) is 0 Å². The van der Waals surface area contributed by atoms with Gasteiger partial charge >= 0.3 is 0 Å². The molecule has 2 N–H and O–H groups in total. The lowest BCUT2D eigenvalue weighted by Gasteiger charge is -2.30. The smallest absolute Gasteiger partial charge is 0.222 e. The van der Waals surface area contributed by atoms with Crippen LogP contribution in [0.4, 0.5) is 0 Å². The minimum atomic E-state index is 0.217. The van der Waals surface area contributed by atoms with Gasteiger partial charge < -0.3 is 15.4 Å². The van der Waals surface area contributed by atoms with E-state index in [1.54, 1.807) is 7.11 Å². The average Bonchev–Trinajstić information content (AvgIpc) is 2.33. The first-order valence-corrected chi connectivity index (χ1v) is 6.71. The Kier molecular flexibility index (Phi) is 6.52. The van der Waals surface area contributed by atoms with Gasteiger partial charge in [-0.15, -0.1) is 0 Å². The predicted molar refractivity (Wildman–Crippen MR) is 68.7 cm³/mol. The molecule has 0 heterocycles. The van der Waals surface area contributed by atoms with Crippen molar-refractivity contribution >= 4 is 5.91 Å². The summed E-state index contributed by atoms with van der Waals surface area (Å²) in [5.74, 6) is 0.611. The standard InChI is InChI=1S/C13H26N2O2/c1-3-15(8-9-17-2)13(16)10-11-6-4-5-7-12(11)14/h11-12H,3-10,14H2,1-2H3. The molecule has 4 nitrogen and oxygen atoms in total. The van der Waals surface area contributed by atoms with Gasteiger partial charge in [-0.3, -0.25) is 4.79 Å². The first-order valence-electron chi connectivity index (χ1n) is 6.71. The van der Waals surface area contributed by atoms with Crippen LogP contribution in [0.15, 0.2) is 0 Å². The quantitative estimate of drug-likeness (QED) is 0.765. The van der Waals surface area contributed by atoms with Crippen LogP contribution in [0.2, 0.25) is 0 Å². The molecular weight excluding hydrogens is 216 g/mol. The van der Waals surface area contributed by atoms with E-state index in [9.17, 15) is 4.79 Å². The van der Waals surface area contributed by atoms with Crippen molar-refractivity contribution in [3.63, 3.8) is 0 Å². The van der Waals surface area contributed by atoms with Crippen LogP contribution in [0.5, 0.6) is 0 Å². The molecule has 1 aliphatic rings. The molecule has 1 rings (SSSR count). The van der Waals surface area contributed by atoms with Crippen LogP contribution in [0, 0.1) is 5.92 Å². The van der Waals surface area contributed by atoms with Gasteiger partial charge in [0.05, 0.1) is 6.61 Å². The van der Waals surface area contributed by atoms with Crippen LogP contribution < -0.4 is 5.73 Å². The normalized spacial score (nSPS) is 24.6. The van der Waals surface area contributed by atoms with Gasteiger partial charge in [-0.1, -0.05) is 12.8 Å². The molecule has 4 heteroatoms. The fourth-order valence-electron chi connectivity index (χ4n) is 2.50. The summed E-state index contributed by atoms with van der Waals surface area (Å²) in [6.07, 6.45) is 5.22. The molecule has 0 aromatic heterocycles. The molecule has 1 fully saturated rings. The lowest BCUT2D eigenvalue weighted by molar-refractivity contribution is -0.133. The Labute approximate surface area is 104 Å². The van der Waals surface area contributed by atoms with Crippen molar-refractivity contribution < 1.29 is 9.53 Å². The van der Waals surface area contributed by atoms with Gasteiger partial charge in [0.2, 0.25) is 5.91 Å². The number of carbonyl (C=O) groups is 1. The highest BCUT2D eigenvalue weighted by Gasteiger charge is 2.25. The van der Waals surface area contributed by atoms with Crippen molar-refractivity contribution in [1.82, 2.24) is 4.90 Å². The van der Waals surface area contributed by atoms with E-state index in [1.165, 1.54) is 12.8 Å². The second kappa shape index (κ2) is 7.67. The van der Waals surface area contributed by atoms with Crippen LogP contribution in [0.3, 0.4) is 0 Å². The molecule has 0 aliphatic heterocycles. The van der Waals surface area contributed by atoms with E-state index >= 15 is 0 Å². The molecule has 2 unspecified atom stereocenters. The number of nitrogens with zero attached hydrogens (tertiary/aromatic N) is 1. The molecule has 0 aromatic rings. The topological polar surface area (TPSA) is 55.6 Å². The summed E-state index contributed by atoms with van der Waals surface area (Å²) in [7, 11) is 1.66. The molecule has 0 radical (unpaired) electrons. The molecular formula is C13H26N2O2. The fraction of sp³-hybridized carbons (Fsp3) is 0.923. The number of carbonyl (C=O) groups excluding carboxylic acids is 1. The third-order valence-corrected chi connectivity index (χ3v) is 3.70. The maximum atomic E-state index is 12.1. The summed E-state index contributed by atoms with van der Waals surface area (Å²) in [6.45, 7) is 4.06. The third kappa shape index (κ3) is 4.64. The zero-order chi connectivity index (χ0) is 12.7. The molecule has 2 atom stereocenters. The number of ether oxygens (including phenoxy) is 1. The average molecular weight is 242 g/mol. The van der Waals surface area contributed by atoms with Crippen molar-refractivity contribution in [2.75, 3.05) is 26.8 Å². The van der Waals surface area contributed by atoms with Crippen molar-refractivity contribution in [2.24, 2.45) is 11.7 Å². The Morgan fingerprint density at radius 1 is 1.41 bits per heavy atom. The maximum Gasteiger partial charge on any atom is 0.222 e. The third-order valence-electron chi connectivity index (χ3n) is 3.70. The van der Waals surface area contributed by atoms with E-state index in [2.05, 4.69) is 0 Å². The van der Waals surface area contributed by atoms with E-state index in [4.69, 9.17) is 10.5 Å². The van der Waals surface area contributed by atoms with E-state index in [0.717, 1.165) is 19.4 Å². The molecule has 0 bridgehead atoms. The predicted octanol–water partition coefficient (Wildman–Crippen LogP) is 1.39. The lowest BCUT2D eigenvalue weighted by atomic mass is 9.83. The van der Waals surface area contributed by atoms with E-state index in [-0.39, 0.29) is 11.9 Å². The van der Waals surface area contributed by atoms with E-state index in [1.807, 2.05) is 11.8 Å². The van der Waals surface area contributed by atoms with E-state index in [0.29, 0.717) is 25.5 Å². The number of nitrogens with two attached hydrogens (primary N) is 1. The molecule has 0 aromatic carbocycles. The Balaban J connectivity index is 2.39. The SMILES string of the molecule is CCN(CCOC)C(=O)CC1CCCCC1N. The van der Waals surface area contributed by atoms with Gasteiger partial charge in [-0.25, -0.2) is 0 Å². The highest BCUT2D eigenvalue weighted by Crippen LogP contribution is 2.26. The summed E-state index contributed by atoms with van der Waals surface area (Å²) in [5.41, 5.74) is 6.07. The van der Waals surface area contributed by atoms with Crippen molar-refractivity contribution in [3.05, 3.63) is 0 Å². The second-order valence-electron chi connectivity index (χ2n) is 4.88. The highest BCUT2D eigenvalue weighted by atomic mass is 16.5. The van der Waals surface area contributed by atoms with Crippen LogP contribution in [-0.2, 0) is 9.53 Å². The molecule has 1 aliphatic carbocycles. The van der Waals surface area contributed by atoms with Crippen LogP contribution in [0.25, 0.3) is 0 Å². The monoisotopic (exact) mass is 242 g/mol. The molecule has 0 saturated heterocycles. The minimum Gasteiger partial charge on any atom is -0.383 e. The Bertz CT molecular complexity index is 233. The number of likely N-dealkylation sites (N-methyl/N-ethyl adjacent to an activating group) is 1. The summed E-state index contributed by atoms with van der Waals surface area (Å²) in [4.78, 5) is 14.0. The van der Waals surface area contributed by atoms with Crippen molar-refractivity contribution in [2.45, 2.75) is 45.1 Å². The number of methoxy groups -OCH3 is 1. The van der Waals surface area contributed by atoms with Crippen LogP contribution in [-0.4, -0.2) is 43.7 Å². The Hall–Kier alpha value is -0.610. The molecule has 1 saturated carbocycles. The fourth-order valence-corrected chi connectivity index (χ4v) is 2.50. The van der Waals surface area contributed by atoms with Gasteiger partial charge in [0.15, 0.2) is 0 Å². The van der Waals surface area contributed by atoms with Gasteiger partial charge in [0.25, 0.3) is 0 Å². The largest absolute Gasteiger partial charge is 0.383 e. The zero-order valence-corrected chi connectivity index (χ0v) is 11.2. The van der Waals surface area contributed by atoms with Crippen LogP contribution in [0.1, 0.15) is 39.0 Å². The van der Waals surface area contributed by atoms with Crippen molar-refractivity contribution in [3.8, 4) is 0 Å². The van der Waals surface area contributed by atoms with E-state index < -0.39 is 0 Å². The minimum absolute atomic E-state index is 0.217. The molecule has 17 heavy (non-hydrogen) atoms. The molecule has 100 valence electrons. The maximum absolute atomic E-state index is 12.1. The van der Waals surface area contributed by atoms with Crippen molar-refractivity contribution in [1.29, 1.82) is 0 Å². The van der Waals surface area contributed by atoms with Gasteiger partial charge in [-0.05, 0) is 25.7 Å². The summed E-state index contributed by atoms with van der Waals surface area (Å²) < 4.78 is 5.02. The zero-order valence-electron chi connectivity index (χ0n) is 11.2. The van der Waals surface area contributed by atoms with Crippen LogP contribution >= 0.6 is 0 Å². The summed E-state index contributed by atoms with van der Waals surface area (Å²) in [6, 6.07) is 0.217. The number of hydrogen-bond donors (Lipinski definition) is 1. The van der Waals surface area contributed by atoms with Gasteiger partial charge in [0, 0.05) is 32.7 Å². The Morgan fingerprint density at radius 2 is 2.12 bits per heavy atom. The number of rotatable bonds is 6. The summed E-state index contributed by atoms with van der Waals surface area (Å²) in [5, 5.41) is 0. The van der Waals surface area contributed by atoms with Gasteiger partial charge in [-0.2, -0.15) is 0 Å². The Morgan fingerprint density at radius 3 is 2.71 bits per heavy atom. The first kappa shape index (κ1) is 14.5. The molecule has 0 spiro atoms.